The highest BCUT2D eigenvalue weighted by molar-refractivity contribution is 5.76. The van der Waals surface area contributed by atoms with Gasteiger partial charge in [0.1, 0.15) is 24.4 Å². The molecule has 6 N–H and O–H groups in total. The molecule has 9 nitrogen and oxygen atoms in total. The van der Waals surface area contributed by atoms with E-state index in [1.807, 2.05) is 6.08 Å². The van der Waals surface area contributed by atoms with E-state index in [0.717, 1.165) is 44.9 Å². The second-order valence-corrected chi connectivity index (χ2v) is 18.3. The molecule has 0 aromatic rings. The van der Waals surface area contributed by atoms with Crippen molar-refractivity contribution < 1.29 is 39.8 Å². The lowest BCUT2D eigenvalue weighted by Gasteiger charge is -2.40. The fraction of sp³-hybridized carbons (Fsp3) is 0.868. The summed E-state index contributed by atoms with van der Waals surface area (Å²) in [4.78, 5) is 13.0. The minimum absolute atomic E-state index is 0.179. The van der Waals surface area contributed by atoms with Crippen LogP contribution in [0.4, 0.5) is 0 Å². The third kappa shape index (κ3) is 33.0. The topological polar surface area (TPSA) is 149 Å². The normalized spacial score (nSPS) is 20.5. The van der Waals surface area contributed by atoms with Crippen molar-refractivity contribution in [1.29, 1.82) is 0 Å². The van der Waals surface area contributed by atoms with Crippen LogP contribution in [-0.4, -0.2) is 87.5 Å². The molecule has 0 radical (unpaired) electrons. The molecule has 364 valence electrons. The van der Waals surface area contributed by atoms with Crippen LogP contribution in [-0.2, 0) is 14.3 Å². The molecule has 1 aliphatic rings. The Morgan fingerprint density at radius 3 is 1.39 bits per heavy atom. The van der Waals surface area contributed by atoms with Crippen molar-refractivity contribution >= 4 is 5.91 Å². The Bertz CT molecular complexity index is 1070. The summed E-state index contributed by atoms with van der Waals surface area (Å²) in [5.41, 5.74) is 0. The number of hydrogen-bond donors (Lipinski definition) is 6. The molecule has 0 spiro atoms. The summed E-state index contributed by atoms with van der Waals surface area (Å²) in [7, 11) is 0. The van der Waals surface area contributed by atoms with E-state index in [-0.39, 0.29) is 12.5 Å². The lowest BCUT2D eigenvalue weighted by Crippen LogP contribution is -2.60. The van der Waals surface area contributed by atoms with Crippen LogP contribution < -0.4 is 5.32 Å². The van der Waals surface area contributed by atoms with E-state index in [1.165, 1.54) is 173 Å². The number of aliphatic hydroxyl groups is 5. The van der Waals surface area contributed by atoms with E-state index >= 15 is 0 Å². The fourth-order valence-electron chi connectivity index (χ4n) is 8.27. The molecule has 1 amide bonds. The van der Waals surface area contributed by atoms with Gasteiger partial charge in [-0.3, -0.25) is 4.79 Å². The first-order chi connectivity index (χ1) is 30.3. The van der Waals surface area contributed by atoms with E-state index < -0.39 is 49.5 Å². The Morgan fingerprint density at radius 2 is 0.935 bits per heavy atom. The molecule has 1 rings (SSSR count). The predicted octanol–water partition coefficient (Wildman–Crippen LogP) is 12.0. The Morgan fingerprint density at radius 1 is 0.548 bits per heavy atom. The molecule has 7 atom stereocenters. The molecule has 0 aromatic heterocycles. The Hall–Kier alpha value is -1.59. The highest BCUT2D eigenvalue weighted by atomic mass is 16.7. The Kier molecular flexibility index (Phi) is 40.8. The van der Waals surface area contributed by atoms with E-state index in [2.05, 4.69) is 43.5 Å². The molecule has 9 heteroatoms. The zero-order valence-electron chi connectivity index (χ0n) is 40.1. The van der Waals surface area contributed by atoms with Gasteiger partial charge in [0.25, 0.3) is 0 Å². The van der Waals surface area contributed by atoms with Gasteiger partial charge in [-0.1, -0.05) is 224 Å². The van der Waals surface area contributed by atoms with E-state index in [9.17, 15) is 30.3 Å². The average Bonchev–Trinajstić information content (AvgIpc) is 3.27. The summed E-state index contributed by atoms with van der Waals surface area (Å²) >= 11 is 0. The summed E-state index contributed by atoms with van der Waals surface area (Å²) in [6.45, 7) is 3.76. The van der Waals surface area contributed by atoms with Gasteiger partial charge in [-0.05, 0) is 44.9 Å². The van der Waals surface area contributed by atoms with Crippen molar-refractivity contribution in [2.24, 2.45) is 0 Å². The first-order valence-corrected chi connectivity index (χ1v) is 26.2. The van der Waals surface area contributed by atoms with Crippen LogP contribution in [0.5, 0.6) is 0 Å². The second-order valence-electron chi connectivity index (χ2n) is 18.3. The number of nitrogens with one attached hydrogen (secondary N) is 1. The van der Waals surface area contributed by atoms with E-state index in [1.54, 1.807) is 6.08 Å². The minimum atomic E-state index is -1.57. The van der Waals surface area contributed by atoms with Crippen LogP contribution in [0.3, 0.4) is 0 Å². The van der Waals surface area contributed by atoms with Crippen LogP contribution in [0.2, 0.25) is 0 Å². The van der Waals surface area contributed by atoms with Crippen LogP contribution in [0.25, 0.3) is 0 Å². The molecule has 1 aliphatic heterocycles. The maximum absolute atomic E-state index is 13.0. The van der Waals surface area contributed by atoms with Crippen molar-refractivity contribution in [1.82, 2.24) is 5.32 Å². The monoisotopic (exact) mass is 878 g/mol. The fourth-order valence-corrected chi connectivity index (χ4v) is 8.27. The SMILES string of the molecule is CCCCC/C=C\C=C/CCCCCCCCCCCCC(=O)NC(COC1OC(CO)C(O)C(O)C1O)C(O)/C=C/CCCCCCCCCCCCCCCCCCCC. The van der Waals surface area contributed by atoms with Gasteiger partial charge >= 0.3 is 0 Å². The molecule has 1 fully saturated rings. The van der Waals surface area contributed by atoms with Gasteiger partial charge in [0.05, 0.1) is 25.4 Å². The van der Waals surface area contributed by atoms with Crippen molar-refractivity contribution in [3.63, 3.8) is 0 Å². The molecule has 0 saturated carbocycles. The predicted molar refractivity (Wildman–Crippen MR) is 258 cm³/mol. The number of rotatable bonds is 44. The lowest BCUT2D eigenvalue weighted by atomic mass is 9.99. The number of allylic oxidation sites excluding steroid dienone is 5. The van der Waals surface area contributed by atoms with E-state index in [4.69, 9.17) is 9.47 Å². The molecule has 0 aromatic carbocycles. The van der Waals surface area contributed by atoms with Gasteiger partial charge in [-0.15, -0.1) is 0 Å². The number of hydrogen-bond acceptors (Lipinski definition) is 8. The van der Waals surface area contributed by atoms with Crippen molar-refractivity contribution in [3.8, 4) is 0 Å². The van der Waals surface area contributed by atoms with Crippen molar-refractivity contribution in [2.75, 3.05) is 13.2 Å². The molecular formula is C53H99NO8. The number of aliphatic hydroxyl groups excluding tert-OH is 5. The summed E-state index contributed by atoms with van der Waals surface area (Å²) in [5.74, 6) is -0.179. The third-order valence-corrected chi connectivity index (χ3v) is 12.5. The molecular weight excluding hydrogens is 779 g/mol. The lowest BCUT2D eigenvalue weighted by molar-refractivity contribution is -0.302. The Labute approximate surface area is 381 Å². The molecule has 7 unspecified atom stereocenters. The number of ether oxygens (including phenoxy) is 2. The summed E-state index contributed by atoms with van der Waals surface area (Å²) in [6.07, 6.45) is 47.6. The molecule has 0 bridgehead atoms. The third-order valence-electron chi connectivity index (χ3n) is 12.5. The van der Waals surface area contributed by atoms with Gasteiger partial charge in [0.15, 0.2) is 6.29 Å². The molecule has 0 aliphatic carbocycles. The average molecular weight is 878 g/mol. The number of unbranched alkanes of at least 4 members (excludes halogenated alkanes) is 31. The molecule has 62 heavy (non-hydrogen) atoms. The number of carbonyl (C=O) groups is 1. The summed E-state index contributed by atoms with van der Waals surface area (Å²) < 4.78 is 11.2. The Balaban J connectivity index is 2.29. The number of carbonyl (C=O) groups excluding carboxylic acids is 1. The minimum Gasteiger partial charge on any atom is -0.394 e. The van der Waals surface area contributed by atoms with Crippen LogP contribution in [0.15, 0.2) is 36.5 Å². The quantitative estimate of drug-likeness (QED) is 0.0201. The summed E-state index contributed by atoms with van der Waals surface area (Å²) in [6, 6.07) is -0.806. The molecule has 1 saturated heterocycles. The van der Waals surface area contributed by atoms with Crippen LogP contribution >= 0.6 is 0 Å². The van der Waals surface area contributed by atoms with E-state index in [0.29, 0.717) is 6.42 Å². The van der Waals surface area contributed by atoms with Crippen LogP contribution in [0.1, 0.15) is 239 Å². The van der Waals surface area contributed by atoms with Crippen LogP contribution in [0, 0.1) is 0 Å². The second kappa shape index (κ2) is 43.3. The van der Waals surface area contributed by atoms with Gasteiger partial charge in [0, 0.05) is 6.42 Å². The first-order valence-electron chi connectivity index (χ1n) is 26.2. The van der Waals surface area contributed by atoms with Gasteiger partial charge < -0.3 is 40.3 Å². The van der Waals surface area contributed by atoms with Gasteiger partial charge in [-0.2, -0.15) is 0 Å². The summed E-state index contributed by atoms with van der Waals surface area (Å²) in [5, 5.41) is 54.4. The molecule has 1 heterocycles. The van der Waals surface area contributed by atoms with Gasteiger partial charge in [0.2, 0.25) is 5.91 Å². The van der Waals surface area contributed by atoms with Crippen molar-refractivity contribution in [2.45, 2.75) is 281 Å². The maximum atomic E-state index is 13.0. The largest absolute Gasteiger partial charge is 0.394 e. The van der Waals surface area contributed by atoms with Crippen molar-refractivity contribution in [3.05, 3.63) is 36.5 Å². The first kappa shape index (κ1) is 58.4. The maximum Gasteiger partial charge on any atom is 0.220 e. The zero-order valence-corrected chi connectivity index (χ0v) is 40.1. The zero-order chi connectivity index (χ0) is 45.1. The highest BCUT2D eigenvalue weighted by Crippen LogP contribution is 2.23. The standard InChI is InChI=1S/C53H99NO8/c1-3-5-7-9-11-13-15-17-19-21-23-25-26-28-30-32-34-36-38-40-42-47(56)46(45-61-53-52(60)51(59)50(58)48(44-55)62-53)54-49(57)43-41-39-37-35-33-31-29-27-24-22-20-18-16-14-12-10-8-6-4-2/h12,14,16,18,40,42,46-48,50-53,55-56,58-60H,3-11,13,15,17,19-39,41,43-45H2,1-2H3,(H,54,57)/b14-12-,18-16-,42-40+. The smallest absolute Gasteiger partial charge is 0.220 e. The number of amides is 1. The highest BCUT2D eigenvalue weighted by Gasteiger charge is 2.44. The van der Waals surface area contributed by atoms with Gasteiger partial charge in [-0.25, -0.2) is 0 Å².